The van der Waals surface area contributed by atoms with Crippen LogP contribution in [-0.2, 0) is 18.2 Å². The Kier molecular flexibility index (Phi) is 5.15. The minimum Gasteiger partial charge on any atom is -0.374 e. The number of hydrogen-bond acceptors (Lipinski definition) is 3. The van der Waals surface area contributed by atoms with Gasteiger partial charge in [-0.05, 0) is 39.3 Å². The molecule has 1 aromatic rings. The Morgan fingerprint density at radius 1 is 1.47 bits per heavy atom. The van der Waals surface area contributed by atoms with Gasteiger partial charge in [0.1, 0.15) is 0 Å². The highest BCUT2D eigenvalue weighted by atomic mass is 16.5. The molecule has 98 valence electrons. The highest BCUT2D eigenvalue weighted by molar-refractivity contribution is 5.06. The van der Waals surface area contributed by atoms with Gasteiger partial charge in [0.2, 0.25) is 0 Å². The van der Waals surface area contributed by atoms with Gasteiger partial charge >= 0.3 is 0 Å². The normalized spacial score (nSPS) is 13.9. The first-order chi connectivity index (χ1) is 7.90. The van der Waals surface area contributed by atoms with Gasteiger partial charge in [-0.3, -0.25) is 4.68 Å². The molecule has 0 bridgehead atoms. The van der Waals surface area contributed by atoms with Crippen molar-refractivity contribution >= 4 is 0 Å². The molecular formula is C13H25N3O. The summed E-state index contributed by atoms with van der Waals surface area (Å²) < 4.78 is 7.67. The molecule has 0 spiro atoms. The third-order valence-electron chi connectivity index (χ3n) is 2.45. The predicted molar refractivity (Wildman–Crippen MR) is 70.1 cm³/mol. The highest BCUT2D eigenvalue weighted by Crippen LogP contribution is 2.09. The zero-order valence-electron chi connectivity index (χ0n) is 11.7. The molecule has 0 aliphatic heterocycles. The van der Waals surface area contributed by atoms with Crippen LogP contribution in [0.5, 0.6) is 0 Å². The van der Waals surface area contributed by atoms with Crippen LogP contribution in [0.15, 0.2) is 12.4 Å². The van der Waals surface area contributed by atoms with Gasteiger partial charge in [-0.15, -0.1) is 0 Å². The third-order valence-corrected chi connectivity index (χ3v) is 2.45. The van der Waals surface area contributed by atoms with Gasteiger partial charge in [0.15, 0.2) is 0 Å². The quantitative estimate of drug-likeness (QED) is 0.822. The van der Waals surface area contributed by atoms with Crippen molar-refractivity contribution in [2.24, 2.45) is 7.05 Å². The van der Waals surface area contributed by atoms with Crippen LogP contribution in [0.4, 0.5) is 0 Å². The van der Waals surface area contributed by atoms with Crippen LogP contribution in [0, 0.1) is 0 Å². The monoisotopic (exact) mass is 239 g/mol. The Morgan fingerprint density at radius 3 is 2.65 bits per heavy atom. The van der Waals surface area contributed by atoms with Crippen molar-refractivity contribution in [3.63, 3.8) is 0 Å². The van der Waals surface area contributed by atoms with E-state index in [0.29, 0.717) is 6.04 Å². The van der Waals surface area contributed by atoms with E-state index in [0.717, 1.165) is 19.6 Å². The molecule has 0 saturated carbocycles. The van der Waals surface area contributed by atoms with Crippen LogP contribution in [0.3, 0.4) is 0 Å². The first kappa shape index (κ1) is 14.2. The molecule has 0 aliphatic rings. The number of nitrogens with zero attached hydrogens (tertiary/aromatic N) is 2. The summed E-state index contributed by atoms with van der Waals surface area (Å²) in [6.45, 7) is 10.1. The molecule has 1 atom stereocenters. The number of hydrogen-bond donors (Lipinski definition) is 1. The molecule has 0 amide bonds. The topological polar surface area (TPSA) is 39.1 Å². The Hall–Kier alpha value is -0.870. The summed E-state index contributed by atoms with van der Waals surface area (Å²) in [6, 6.07) is 0.350. The largest absolute Gasteiger partial charge is 0.374 e. The van der Waals surface area contributed by atoms with Crippen molar-refractivity contribution in [3.05, 3.63) is 18.0 Å². The predicted octanol–water partition coefficient (Wildman–Crippen LogP) is 1.76. The van der Waals surface area contributed by atoms with E-state index >= 15 is 0 Å². The summed E-state index contributed by atoms with van der Waals surface area (Å²) in [5.41, 5.74) is 1.17. The van der Waals surface area contributed by atoms with E-state index in [-0.39, 0.29) is 5.60 Å². The Morgan fingerprint density at radius 2 is 2.18 bits per heavy atom. The first-order valence-electron chi connectivity index (χ1n) is 6.25. The molecule has 1 unspecified atom stereocenters. The molecule has 1 heterocycles. The van der Waals surface area contributed by atoms with Crippen LogP contribution < -0.4 is 5.32 Å². The maximum absolute atomic E-state index is 5.83. The number of likely N-dealkylation sites (N-methyl/N-ethyl adjacent to an activating group) is 1. The highest BCUT2D eigenvalue weighted by Gasteiger charge is 2.15. The van der Waals surface area contributed by atoms with Crippen molar-refractivity contribution in [2.45, 2.75) is 45.8 Å². The van der Waals surface area contributed by atoms with Crippen LogP contribution in [0.25, 0.3) is 0 Å². The van der Waals surface area contributed by atoms with E-state index in [1.165, 1.54) is 5.56 Å². The van der Waals surface area contributed by atoms with Crippen LogP contribution in [0.1, 0.15) is 33.3 Å². The number of rotatable bonds is 6. The molecule has 1 N–H and O–H groups in total. The van der Waals surface area contributed by atoms with Gasteiger partial charge in [0, 0.05) is 19.3 Å². The molecule has 0 radical (unpaired) electrons. The maximum atomic E-state index is 5.83. The number of aromatic nitrogens is 2. The van der Waals surface area contributed by atoms with Gasteiger partial charge < -0.3 is 10.1 Å². The maximum Gasteiger partial charge on any atom is 0.0630 e. The van der Waals surface area contributed by atoms with E-state index < -0.39 is 0 Å². The van der Waals surface area contributed by atoms with E-state index in [1.807, 2.05) is 17.9 Å². The summed E-state index contributed by atoms with van der Waals surface area (Å²) >= 11 is 0. The van der Waals surface area contributed by atoms with Crippen molar-refractivity contribution in [1.82, 2.24) is 15.1 Å². The summed E-state index contributed by atoms with van der Waals surface area (Å²) in [7, 11) is 1.94. The van der Waals surface area contributed by atoms with Gasteiger partial charge in [-0.1, -0.05) is 6.92 Å². The number of ether oxygens (including phenoxy) is 1. The van der Waals surface area contributed by atoms with Gasteiger partial charge in [0.25, 0.3) is 0 Å². The second-order valence-corrected chi connectivity index (χ2v) is 5.40. The number of aryl methyl sites for hydroxylation is 1. The van der Waals surface area contributed by atoms with Crippen LogP contribution in [0.2, 0.25) is 0 Å². The average Bonchev–Trinajstić information content (AvgIpc) is 2.60. The van der Waals surface area contributed by atoms with Crippen molar-refractivity contribution < 1.29 is 4.74 Å². The lowest BCUT2D eigenvalue weighted by molar-refractivity contribution is -0.0141. The van der Waals surface area contributed by atoms with Gasteiger partial charge in [0.05, 0.1) is 18.4 Å². The van der Waals surface area contributed by atoms with E-state index in [2.05, 4.69) is 44.3 Å². The van der Waals surface area contributed by atoms with E-state index in [4.69, 9.17) is 4.74 Å². The molecule has 0 aromatic carbocycles. The lowest BCUT2D eigenvalue weighted by Crippen LogP contribution is -2.38. The van der Waals surface area contributed by atoms with E-state index in [9.17, 15) is 0 Å². The number of nitrogens with one attached hydrogen (secondary N) is 1. The Balaban J connectivity index is 2.48. The first-order valence-corrected chi connectivity index (χ1v) is 6.25. The molecule has 0 aliphatic carbocycles. The minimum absolute atomic E-state index is 0.0807. The van der Waals surface area contributed by atoms with Gasteiger partial charge in [-0.25, -0.2) is 0 Å². The summed E-state index contributed by atoms with van der Waals surface area (Å²) in [5.74, 6) is 0. The lowest BCUT2D eigenvalue weighted by Gasteiger charge is -2.24. The van der Waals surface area contributed by atoms with Crippen LogP contribution >= 0.6 is 0 Å². The summed E-state index contributed by atoms with van der Waals surface area (Å²) in [4.78, 5) is 0. The molecule has 0 saturated heterocycles. The molecular weight excluding hydrogens is 214 g/mol. The molecule has 0 fully saturated rings. The smallest absolute Gasteiger partial charge is 0.0630 e. The van der Waals surface area contributed by atoms with Crippen molar-refractivity contribution in [2.75, 3.05) is 13.2 Å². The molecule has 4 nitrogen and oxygen atoms in total. The molecule has 1 rings (SSSR count). The van der Waals surface area contributed by atoms with Crippen molar-refractivity contribution in [1.29, 1.82) is 0 Å². The summed E-state index contributed by atoms with van der Waals surface area (Å²) in [5, 5.41) is 7.64. The minimum atomic E-state index is -0.0807. The zero-order valence-corrected chi connectivity index (χ0v) is 11.7. The lowest BCUT2D eigenvalue weighted by atomic mass is 10.1. The molecule has 1 aromatic heterocycles. The molecule has 17 heavy (non-hydrogen) atoms. The zero-order chi connectivity index (χ0) is 12.9. The Bertz CT molecular complexity index is 328. The SMILES string of the molecule is CCNC(COC(C)(C)C)Cc1cnn(C)c1. The van der Waals surface area contributed by atoms with Gasteiger partial charge in [-0.2, -0.15) is 5.10 Å². The fraction of sp³-hybridized carbons (Fsp3) is 0.769. The molecule has 4 heteroatoms. The fourth-order valence-corrected chi connectivity index (χ4v) is 1.69. The third kappa shape index (κ3) is 5.84. The van der Waals surface area contributed by atoms with Crippen molar-refractivity contribution in [3.8, 4) is 0 Å². The fourth-order valence-electron chi connectivity index (χ4n) is 1.69. The second kappa shape index (κ2) is 6.17. The van der Waals surface area contributed by atoms with Crippen LogP contribution in [-0.4, -0.2) is 34.6 Å². The second-order valence-electron chi connectivity index (χ2n) is 5.40. The Labute approximate surface area is 104 Å². The van der Waals surface area contributed by atoms with E-state index in [1.54, 1.807) is 0 Å². The standard InChI is InChI=1S/C13H25N3O/c1-6-14-12(10-17-13(2,3)4)7-11-8-15-16(5)9-11/h8-9,12,14H,6-7,10H2,1-5H3. The average molecular weight is 239 g/mol. The summed E-state index contributed by atoms with van der Waals surface area (Å²) in [6.07, 6.45) is 4.93.